The van der Waals surface area contributed by atoms with Gasteiger partial charge in [-0.3, -0.25) is 4.79 Å². The summed E-state index contributed by atoms with van der Waals surface area (Å²) < 4.78 is 32.1. The largest absolute Gasteiger partial charge is 0.385 e. The van der Waals surface area contributed by atoms with Crippen molar-refractivity contribution in [2.24, 2.45) is 0 Å². The minimum atomic E-state index is -3.67. The van der Waals surface area contributed by atoms with Crippen molar-refractivity contribution in [3.05, 3.63) is 59.2 Å². The van der Waals surface area contributed by atoms with Gasteiger partial charge in [0.15, 0.2) is 0 Å². The van der Waals surface area contributed by atoms with Crippen LogP contribution in [-0.2, 0) is 14.8 Å². The average Bonchev–Trinajstić information content (AvgIpc) is 2.58. The topological polar surface area (TPSA) is 84.5 Å². The van der Waals surface area contributed by atoms with Crippen LogP contribution in [0, 0.1) is 13.8 Å². The molecule has 140 valence electrons. The molecular weight excluding hydrogens is 352 g/mol. The molecule has 1 amide bonds. The first kappa shape index (κ1) is 20.1. The van der Waals surface area contributed by atoms with Crippen LogP contribution in [0.1, 0.15) is 27.9 Å². The Hall–Kier alpha value is -2.22. The minimum Gasteiger partial charge on any atom is -0.385 e. The lowest BCUT2D eigenvalue weighted by Gasteiger charge is -2.10. The Bertz CT molecular complexity index is 859. The van der Waals surface area contributed by atoms with Gasteiger partial charge < -0.3 is 10.1 Å². The van der Waals surface area contributed by atoms with Gasteiger partial charge in [-0.05, 0) is 61.7 Å². The zero-order valence-corrected chi connectivity index (χ0v) is 16.0. The van der Waals surface area contributed by atoms with E-state index in [4.69, 9.17) is 4.74 Å². The lowest BCUT2D eigenvalue weighted by Crippen LogP contribution is -2.26. The van der Waals surface area contributed by atoms with Crippen molar-refractivity contribution in [2.75, 3.05) is 25.6 Å². The first-order chi connectivity index (χ1) is 12.3. The van der Waals surface area contributed by atoms with E-state index in [-0.39, 0.29) is 22.9 Å². The van der Waals surface area contributed by atoms with Crippen molar-refractivity contribution in [3.63, 3.8) is 0 Å². The van der Waals surface area contributed by atoms with Gasteiger partial charge in [0.05, 0.1) is 4.90 Å². The molecule has 7 heteroatoms. The van der Waals surface area contributed by atoms with Crippen molar-refractivity contribution < 1.29 is 17.9 Å². The van der Waals surface area contributed by atoms with Gasteiger partial charge >= 0.3 is 0 Å². The first-order valence-electron chi connectivity index (χ1n) is 8.30. The third-order valence-electron chi connectivity index (χ3n) is 3.70. The van der Waals surface area contributed by atoms with Crippen molar-refractivity contribution in [3.8, 4) is 0 Å². The van der Waals surface area contributed by atoms with Crippen molar-refractivity contribution >= 4 is 21.6 Å². The van der Waals surface area contributed by atoms with Crippen molar-refractivity contribution in [1.82, 2.24) is 4.72 Å². The summed E-state index contributed by atoms with van der Waals surface area (Å²) in [6.07, 6.45) is 0.572. The fourth-order valence-corrected chi connectivity index (χ4v) is 3.68. The highest BCUT2D eigenvalue weighted by molar-refractivity contribution is 7.89. The summed E-state index contributed by atoms with van der Waals surface area (Å²) in [4.78, 5) is 12.5. The van der Waals surface area contributed by atoms with E-state index in [1.165, 1.54) is 12.1 Å². The first-order valence-corrected chi connectivity index (χ1v) is 9.78. The minimum absolute atomic E-state index is 0.0583. The molecule has 2 aromatic carbocycles. The summed E-state index contributed by atoms with van der Waals surface area (Å²) in [5.41, 5.74) is 3.04. The lowest BCUT2D eigenvalue weighted by atomic mass is 10.1. The number of rotatable bonds is 8. The molecule has 0 saturated heterocycles. The molecule has 6 nitrogen and oxygen atoms in total. The maximum atomic E-state index is 12.5. The number of carbonyl (C=O) groups excluding carboxylic acids is 1. The van der Waals surface area contributed by atoms with E-state index in [0.717, 1.165) is 11.1 Å². The molecule has 2 rings (SSSR count). The van der Waals surface area contributed by atoms with Gasteiger partial charge in [-0.2, -0.15) is 0 Å². The van der Waals surface area contributed by atoms with Crippen LogP contribution in [0.4, 0.5) is 5.69 Å². The number of nitrogens with one attached hydrogen (secondary N) is 2. The molecule has 0 saturated carbocycles. The van der Waals surface area contributed by atoms with Gasteiger partial charge in [0, 0.05) is 31.5 Å². The third-order valence-corrected chi connectivity index (χ3v) is 5.16. The number of hydrogen-bond donors (Lipinski definition) is 2. The molecule has 26 heavy (non-hydrogen) atoms. The molecule has 0 aliphatic carbocycles. The van der Waals surface area contributed by atoms with E-state index < -0.39 is 10.0 Å². The fraction of sp³-hybridized carbons (Fsp3) is 0.316. The van der Waals surface area contributed by atoms with Crippen LogP contribution in [0.2, 0.25) is 0 Å². The van der Waals surface area contributed by atoms with E-state index >= 15 is 0 Å². The molecule has 0 aromatic heterocycles. The third kappa shape index (κ3) is 5.66. The number of hydrogen-bond acceptors (Lipinski definition) is 4. The Labute approximate surface area is 154 Å². The molecule has 0 radical (unpaired) electrons. The maximum Gasteiger partial charge on any atom is 0.255 e. The number of ether oxygens (including phenoxy) is 1. The van der Waals surface area contributed by atoms with E-state index in [1.807, 2.05) is 32.0 Å². The summed E-state index contributed by atoms with van der Waals surface area (Å²) >= 11 is 0. The molecule has 0 fully saturated rings. The van der Waals surface area contributed by atoms with Gasteiger partial charge in [0.2, 0.25) is 10.0 Å². The summed E-state index contributed by atoms with van der Waals surface area (Å²) in [6.45, 7) is 4.65. The molecular formula is C19H24N2O4S. The Morgan fingerprint density at radius 3 is 2.42 bits per heavy atom. The van der Waals surface area contributed by atoms with Crippen LogP contribution >= 0.6 is 0 Å². The summed E-state index contributed by atoms with van der Waals surface area (Å²) in [5.74, 6) is -0.355. The highest BCUT2D eigenvalue weighted by Crippen LogP contribution is 2.17. The fourth-order valence-electron chi connectivity index (χ4n) is 2.56. The van der Waals surface area contributed by atoms with E-state index in [0.29, 0.717) is 18.7 Å². The van der Waals surface area contributed by atoms with Gasteiger partial charge in [-0.25, -0.2) is 13.1 Å². The molecule has 0 bridgehead atoms. The van der Waals surface area contributed by atoms with Gasteiger partial charge in [0.1, 0.15) is 0 Å². The number of sulfonamides is 1. The smallest absolute Gasteiger partial charge is 0.255 e. The highest BCUT2D eigenvalue weighted by atomic mass is 32.2. The summed E-state index contributed by atoms with van der Waals surface area (Å²) in [6, 6.07) is 11.7. The lowest BCUT2D eigenvalue weighted by molar-refractivity contribution is 0.102. The SMILES string of the molecule is COCCCNS(=O)(=O)c1cccc(C(=O)Nc2cc(C)cc(C)c2)c1. The van der Waals surface area contributed by atoms with Crippen LogP contribution in [0.15, 0.2) is 47.4 Å². The van der Waals surface area contributed by atoms with Crippen LogP contribution in [0.5, 0.6) is 0 Å². The second-order valence-corrected chi connectivity index (χ2v) is 7.87. The summed E-state index contributed by atoms with van der Waals surface area (Å²) in [5, 5.41) is 2.81. The number of aryl methyl sites for hydroxylation is 2. The maximum absolute atomic E-state index is 12.5. The van der Waals surface area contributed by atoms with Gasteiger partial charge in [0.25, 0.3) is 5.91 Å². The molecule has 0 spiro atoms. The second-order valence-electron chi connectivity index (χ2n) is 6.10. The molecule has 0 atom stereocenters. The Morgan fingerprint density at radius 2 is 1.77 bits per heavy atom. The van der Waals surface area contributed by atoms with Crippen LogP contribution in [0.25, 0.3) is 0 Å². The zero-order valence-electron chi connectivity index (χ0n) is 15.2. The van der Waals surface area contributed by atoms with E-state index in [9.17, 15) is 13.2 Å². The molecule has 0 unspecified atom stereocenters. The number of benzene rings is 2. The molecule has 0 aliphatic rings. The Morgan fingerprint density at radius 1 is 1.08 bits per heavy atom. The number of methoxy groups -OCH3 is 1. The van der Waals surface area contributed by atoms with Gasteiger partial charge in [-0.15, -0.1) is 0 Å². The van der Waals surface area contributed by atoms with E-state index in [2.05, 4.69) is 10.0 Å². The monoisotopic (exact) mass is 376 g/mol. The summed E-state index contributed by atoms with van der Waals surface area (Å²) in [7, 11) is -2.11. The standard InChI is InChI=1S/C19H24N2O4S/c1-14-10-15(2)12-17(11-14)21-19(22)16-6-4-7-18(13-16)26(23,24)20-8-5-9-25-3/h4,6-7,10-13,20H,5,8-9H2,1-3H3,(H,21,22). The van der Waals surface area contributed by atoms with Crippen LogP contribution in [0.3, 0.4) is 0 Å². The van der Waals surface area contributed by atoms with E-state index in [1.54, 1.807) is 19.2 Å². The molecule has 2 aromatic rings. The number of carbonyl (C=O) groups is 1. The molecule has 2 N–H and O–H groups in total. The van der Waals surface area contributed by atoms with Crippen molar-refractivity contribution in [2.45, 2.75) is 25.2 Å². The van der Waals surface area contributed by atoms with Crippen LogP contribution in [-0.4, -0.2) is 34.6 Å². The van der Waals surface area contributed by atoms with Crippen molar-refractivity contribution in [1.29, 1.82) is 0 Å². The van der Waals surface area contributed by atoms with Gasteiger partial charge in [-0.1, -0.05) is 12.1 Å². The second kappa shape index (κ2) is 8.93. The molecule has 0 aliphatic heterocycles. The molecule has 0 heterocycles. The normalized spacial score (nSPS) is 11.3. The zero-order chi connectivity index (χ0) is 19.2. The Kier molecular flexibility index (Phi) is 6.90. The average molecular weight is 376 g/mol. The Balaban J connectivity index is 2.13. The quantitative estimate of drug-likeness (QED) is 0.694. The predicted molar refractivity (Wildman–Crippen MR) is 102 cm³/mol. The number of amides is 1. The predicted octanol–water partition coefficient (Wildman–Crippen LogP) is 2.87. The van der Waals surface area contributed by atoms with Crippen LogP contribution < -0.4 is 10.0 Å². The highest BCUT2D eigenvalue weighted by Gasteiger charge is 2.16. The number of anilines is 1.